The topological polar surface area (TPSA) is 70.7 Å². The number of H-pyrrole nitrogens is 1. The van der Waals surface area contributed by atoms with Gasteiger partial charge < -0.3 is 5.32 Å². The van der Waals surface area contributed by atoms with Gasteiger partial charge in [-0.15, -0.1) is 5.10 Å². The summed E-state index contributed by atoms with van der Waals surface area (Å²) in [5, 5.41) is 10.3. The van der Waals surface area contributed by atoms with Crippen LogP contribution in [0.1, 0.15) is 19.4 Å². The van der Waals surface area contributed by atoms with Crippen molar-refractivity contribution in [2.75, 3.05) is 5.32 Å². The Bertz CT molecular complexity index is 895. The number of rotatable bonds is 6. The van der Waals surface area contributed by atoms with Crippen LogP contribution in [0.3, 0.4) is 0 Å². The van der Waals surface area contributed by atoms with E-state index in [2.05, 4.69) is 43.4 Å². The van der Waals surface area contributed by atoms with Gasteiger partial charge in [-0.3, -0.25) is 9.89 Å². The zero-order valence-electron chi connectivity index (χ0n) is 14.5. The van der Waals surface area contributed by atoms with Crippen molar-refractivity contribution < 1.29 is 4.79 Å². The second kappa shape index (κ2) is 8.51. The quantitative estimate of drug-likeness (QED) is 0.544. The monoisotopic (exact) mass is 430 g/mol. The number of benzene rings is 2. The first kappa shape index (κ1) is 18.7. The lowest BCUT2D eigenvalue weighted by atomic mass is 10.1. The van der Waals surface area contributed by atoms with Gasteiger partial charge in [-0.05, 0) is 37.1 Å². The smallest absolute Gasteiger partial charge is 0.237 e. The van der Waals surface area contributed by atoms with E-state index in [0.717, 1.165) is 22.1 Å². The fourth-order valence-corrected chi connectivity index (χ4v) is 3.55. The molecule has 3 aromatic rings. The third-order valence-corrected chi connectivity index (χ3v) is 5.53. The summed E-state index contributed by atoms with van der Waals surface area (Å²) in [5.41, 5.74) is 2.97. The van der Waals surface area contributed by atoms with Crippen LogP contribution in [0.15, 0.2) is 58.2 Å². The minimum atomic E-state index is -0.316. The Labute approximate surface area is 165 Å². The maximum atomic E-state index is 12.4. The zero-order chi connectivity index (χ0) is 18.5. The molecule has 0 saturated carbocycles. The summed E-state index contributed by atoms with van der Waals surface area (Å²) in [5.74, 6) is 0.592. The van der Waals surface area contributed by atoms with Gasteiger partial charge >= 0.3 is 0 Å². The molecule has 7 heteroatoms. The molecule has 2 N–H and O–H groups in total. The molecule has 0 aliphatic carbocycles. The summed E-state index contributed by atoms with van der Waals surface area (Å²) in [6.07, 6.45) is 0.977. The van der Waals surface area contributed by atoms with Gasteiger partial charge in [0.1, 0.15) is 0 Å². The van der Waals surface area contributed by atoms with Crippen molar-refractivity contribution >= 4 is 39.3 Å². The van der Waals surface area contributed by atoms with Gasteiger partial charge in [0.2, 0.25) is 11.1 Å². The number of aromatic amines is 1. The zero-order valence-corrected chi connectivity index (χ0v) is 16.9. The first-order valence-corrected chi connectivity index (χ1v) is 9.98. The summed E-state index contributed by atoms with van der Waals surface area (Å²) in [6.45, 7) is 3.94. The number of amides is 1. The number of carbonyl (C=O) groups excluding carboxylic acids is 1. The Kier molecular flexibility index (Phi) is 6.11. The van der Waals surface area contributed by atoms with E-state index in [1.807, 2.05) is 55.5 Å². The molecule has 0 fully saturated rings. The first-order valence-electron chi connectivity index (χ1n) is 8.30. The fraction of sp³-hybridized carbons (Fsp3) is 0.211. The number of hydrogen-bond donors (Lipinski definition) is 2. The highest BCUT2D eigenvalue weighted by molar-refractivity contribution is 9.10. The van der Waals surface area contributed by atoms with Crippen LogP contribution in [-0.2, 0) is 11.2 Å². The SMILES string of the molecule is CCc1ccc(NC(=O)[C@@H](C)Sc2n[nH]c(-c3ccccc3Br)n2)cc1. The Hall–Kier alpha value is -2.12. The van der Waals surface area contributed by atoms with Gasteiger partial charge in [0.15, 0.2) is 5.82 Å². The van der Waals surface area contributed by atoms with Crippen molar-refractivity contribution in [1.82, 2.24) is 15.2 Å². The van der Waals surface area contributed by atoms with Crippen LogP contribution in [0.5, 0.6) is 0 Å². The molecule has 1 amide bonds. The fourth-order valence-electron chi connectivity index (χ4n) is 2.35. The van der Waals surface area contributed by atoms with Gasteiger partial charge in [-0.1, -0.05) is 64.9 Å². The predicted molar refractivity (Wildman–Crippen MR) is 109 cm³/mol. The Morgan fingerprint density at radius 1 is 1.23 bits per heavy atom. The minimum Gasteiger partial charge on any atom is -0.325 e. The second-order valence-corrected chi connectivity index (χ2v) is 7.91. The number of halogens is 1. The third kappa shape index (κ3) is 4.53. The highest BCUT2D eigenvalue weighted by Crippen LogP contribution is 2.28. The van der Waals surface area contributed by atoms with Gasteiger partial charge in [-0.2, -0.15) is 0 Å². The van der Waals surface area contributed by atoms with Crippen LogP contribution in [0, 0.1) is 0 Å². The van der Waals surface area contributed by atoms with Crippen molar-refractivity contribution in [3.8, 4) is 11.4 Å². The van der Waals surface area contributed by atoms with E-state index in [9.17, 15) is 4.79 Å². The maximum Gasteiger partial charge on any atom is 0.237 e. The number of aromatic nitrogens is 3. The molecule has 1 atom stereocenters. The van der Waals surface area contributed by atoms with Crippen LogP contribution < -0.4 is 5.32 Å². The van der Waals surface area contributed by atoms with E-state index in [1.165, 1.54) is 17.3 Å². The van der Waals surface area contributed by atoms with Crippen LogP contribution in [0.2, 0.25) is 0 Å². The molecule has 26 heavy (non-hydrogen) atoms. The minimum absolute atomic E-state index is 0.0773. The van der Waals surface area contributed by atoms with Crippen molar-refractivity contribution in [3.05, 3.63) is 58.6 Å². The molecule has 1 heterocycles. The van der Waals surface area contributed by atoms with Crippen LogP contribution in [-0.4, -0.2) is 26.3 Å². The molecular weight excluding hydrogens is 412 g/mol. The Balaban J connectivity index is 1.63. The number of thioether (sulfide) groups is 1. The number of nitrogens with zero attached hydrogens (tertiary/aromatic N) is 2. The van der Waals surface area contributed by atoms with E-state index in [-0.39, 0.29) is 11.2 Å². The van der Waals surface area contributed by atoms with Gasteiger partial charge in [-0.25, -0.2) is 4.98 Å². The molecule has 0 unspecified atom stereocenters. The molecule has 2 aromatic carbocycles. The van der Waals surface area contributed by atoms with Gasteiger partial charge in [0.05, 0.1) is 5.25 Å². The maximum absolute atomic E-state index is 12.4. The number of hydrogen-bond acceptors (Lipinski definition) is 4. The standard InChI is InChI=1S/C19H19BrN4OS/c1-3-13-8-10-14(11-9-13)21-18(25)12(2)26-19-22-17(23-24-19)15-6-4-5-7-16(15)20/h4-12H,3H2,1-2H3,(H,21,25)(H,22,23,24)/t12-/m1/s1. The lowest BCUT2D eigenvalue weighted by Gasteiger charge is -2.10. The van der Waals surface area contributed by atoms with Gasteiger partial charge in [0.25, 0.3) is 0 Å². The molecule has 0 bridgehead atoms. The highest BCUT2D eigenvalue weighted by Gasteiger charge is 2.18. The second-order valence-electron chi connectivity index (χ2n) is 5.75. The molecule has 0 spiro atoms. The Morgan fingerprint density at radius 3 is 2.65 bits per heavy atom. The van der Waals surface area contributed by atoms with E-state index in [4.69, 9.17) is 0 Å². The van der Waals surface area contributed by atoms with Crippen molar-refractivity contribution in [2.45, 2.75) is 30.7 Å². The molecule has 5 nitrogen and oxygen atoms in total. The normalized spacial score (nSPS) is 12.0. The average molecular weight is 431 g/mol. The van der Waals surface area contributed by atoms with Crippen molar-refractivity contribution in [1.29, 1.82) is 0 Å². The van der Waals surface area contributed by atoms with E-state index < -0.39 is 0 Å². The molecule has 0 aliphatic rings. The summed E-state index contributed by atoms with van der Waals surface area (Å²) in [6, 6.07) is 15.7. The molecule has 134 valence electrons. The van der Waals surface area contributed by atoms with E-state index in [1.54, 1.807) is 0 Å². The van der Waals surface area contributed by atoms with Crippen LogP contribution in [0.25, 0.3) is 11.4 Å². The summed E-state index contributed by atoms with van der Waals surface area (Å²) < 4.78 is 0.939. The number of aryl methyl sites for hydroxylation is 1. The lowest BCUT2D eigenvalue weighted by Crippen LogP contribution is -2.22. The number of carbonyl (C=O) groups is 1. The Morgan fingerprint density at radius 2 is 1.96 bits per heavy atom. The number of anilines is 1. The van der Waals surface area contributed by atoms with E-state index >= 15 is 0 Å². The molecule has 0 saturated heterocycles. The first-order chi connectivity index (χ1) is 12.6. The molecule has 0 aliphatic heterocycles. The summed E-state index contributed by atoms with van der Waals surface area (Å²) in [4.78, 5) is 16.9. The largest absolute Gasteiger partial charge is 0.325 e. The van der Waals surface area contributed by atoms with Crippen molar-refractivity contribution in [2.24, 2.45) is 0 Å². The summed E-state index contributed by atoms with van der Waals surface area (Å²) >= 11 is 4.82. The molecule has 3 rings (SSSR count). The molecule has 1 aromatic heterocycles. The van der Waals surface area contributed by atoms with Gasteiger partial charge in [0, 0.05) is 15.7 Å². The highest BCUT2D eigenvalue weighted by atomic mass is 79.9. The summed E-state index contributed by atoms with van der Waals surface area (Å²) in [7, 11) is 0. The lowest BCUT2D eigenvalue weighted by molar-refractivity contribution is -0.115. The van der Waals surface area contributed by atoms with E-state index in [0.29, 0.717) is 11.0 Å². The molecular formula is C19H19BrN4OS. The van der Waals surface area contributed by atoms with Crippen LogP contribution >= 0.6 is 27.7 Å². The predicted octanol–water partition coefficient (Wildman–Crippen LogP) is 4.92. The van der Waals surface area contributed by atoms with Crippen molar-refractivity contribution in [3.63, 3.8) is 0 Å². The average Bonchev–Trinajstić information content (AvgIpc) is 3.11. The third-order valence-electron chi connectivity index (χ3n) is 3.88. The molecule has 0 radical (unpaired) electrons. The number of nitrogens with one attached hydrogen (secondary N) is 2. The van der Waals surface area contributed by atoms with Crippen LogP contribution in [0.4, 0.5) is 5.69 Å².